The first-order valence-corrected chi connectivity index (χ1v) is 12.3. The fourth-order valence-electron chi connectivity index (χ4n) is 4.69. The van der Waals surface area contributed by atoms with Gasteiger partial charge >= 0.3 is 0 Å². The zero-order valence-electron chi connectivity index (χ0n) is 18.9. The number of nitrogens with one attached hydrogen (secondary N) is 2. The molecule has 32 heavy (non-hydrogen) atoms. The number of para-hydroxylation sites is 1. The molecule has 0 bridgehead atoms. The molecule has 1 aliphatic rings. The molecule has 4 nitrogen and oxygen atoms in total. The summed E-state index contributed by atoms with van der Waals surface area (Å²) in [6.45, 7) is 3.25. The normalized spacial score (nSPS) is 17.3. The van der Waals surface area contributed by atoms with Crippen LogP contribution in [0, 0.1) is 0 Å². The molecule has 0 saturated heterocycles. The van der Waals surface area contributed by atoms with Crippen LogP contribution in [-0.2, 0) is 13.0 Å². The van der Waals surface area contributed by atoms with Gasteiger partial charge in [-0.25, -0.2) is 0 Å². The van der Waals surface area contributed by atoms with Crippen molar-refractivity contribution in [3.63, 3.8) is 0 Å². The van der Waals surface area contributed by atoms with Gasteiger partial charge in [0, 0.05) is 24.3 Å². The number of anilines is 1. The first-order chi connectivity index (χ1) is 15.7. The summed E-state index contributed by atoms with van der Waals surface area (Å²) in [5.41, 5.74) is 4.52. The Balaban J connectivity index is 1.44. The highest BCUT2D eigenvalue weighted by molar-refractivity contribution is 7.80. The van der Waals surface area contributed by atoms with Crippen LogP contribution in [0.4, 0.5) is 5.69 Å². The van der Waals surface area contributed by atoms with Gasteiger partial charge in [0.2, 0.25) is 5.52 Å². The van der Waals surface area contributed by atoms with Crippen LogP contribution >= 0.6 is 12.2 Å². The van der Waals surface area contributed by atoms with Gasteiger partial charge < -0.3 is 15.7 Å². The molecule has 0 amide bonds. The van der Waals surface area contributed by atoms with E-state index in [0.29, 0.717) is 11.5 Å². The fourth-order valence-corrected chi connectivity index (χ4v) is 4.93. The summed E-state index contributed by atoms with van der Waals surface area (Å²) in [5.74, 6) is 0. The van der Waals surface area contributed by atoms with Gasteiger partial charge in [-0.2, -0.15) is 4.57 Å². The third kappa shape index (κ3) is 5.45. The molecule has 4 rings (SSSR count). The van der Waals surface area contributed by atoms with E-state index in [2.05, 4.69) is 70.8 Å². The zero-order valence-corrected chi connectivity index (χ0v) is 19.7. The van der Waals surface area contributed by atoms with Crippen LogP contribution in [0.3, 0.4) is 0 Å². The van der Waals surface area contributed by atoms with Crippen LogP contribution in [0.15, 0.2) is 60.8 Å². The topological polar surface area (TPSA) is 48.2 Å². The molecule has 0 spiro atoms. The van der Waals surface area contributed by atoms with Crippen LogP contribution in [0.25, 0.3) is 10.9 Å². The lowest BCUT2D eigenvalue weighted by Crippen LogP contribution is -2.38. The largest absolute Gasteiger partial charge is 0.390 e. The first kappa shape index (κ1) is 22.7. The number of hydrogen-bond acceptors (Lipinski definition) is 2. The molecular formula is C27H34N3OS+. The fraction of sp³-hybridized carbons (Fsp3) is 0.407. The number of pyridine rings is 1. The number of rotatable bonds is 9. The van der Waals surface area contributed by atoms with Crippen LogP contribution < -0.4 is 15.2 Å². The lowest BCUT2D eigenvalue weighted by molar-refractivity contribution is -0.671. The van der Waals surface area contributed by atoms with E-state index in [-0.39, 0.29) is 6.04 Å². The number of fused-ring (bicyclic) bond motifs is 2. The summed E-state index contributed by atoms with van der Waals surface area (Å²) in [4.78, 5) is 0. The summed E-state index contributed by atoms with van der Waals surface area (Å²) < 4.78 is 2.33. The van der Waals surface area contributed by atoms with Gasteiger partial charge in [0.05, 0.1) is 12.1 Å². The minimum absolute atomic E-state index is 0.179. The second-order valence-electron chi connectivity index (χ2n) is 8.80. The van der Waals surface area contributed by atoms with Gasteiger partial charge in [0.15, 0.2) is 11.3 Å². The molecule has 0 fully saturated rings. The van der Waals surface area contributed by atoms with Crippen molar-refractivity contribution < 1.29 is 9.67 Å². The minimum Gasteiger partial charge on any atom is -0.390 e. The number of aromatic nitrogens is 1. The van der Waals surface area contributed by atoms with Crippen LogP contribution in [0.2, 0.25) is 0 Å². The maximum absolute atomic E-state index is 10.5. The highest BCUT2D eigenvalue weighted by atomic mass is 32.1. The molecule has 2 atom stereocenters. The first-order valence-electron chi connectivity index (χ1n) is 11.9. The second kappa shape index (κ2) is 10.9. The SMILES string of the molecule is CCCCCCCC[n+]1cc(NC(=S)N[C@@H]2c3ccccc3C[C@@H]2O)cc2ccccc21. The molecule has 1 heterocycles. The van der Waals surface area contributed by atoms with Crippen molar-refractivity contribution >= 4 is 33.9 Å². The third-order valence-electron chi connectivity index (χ3n) is 6.35. The van der Waals surface area contributed by atoms with Gasteiger partial charge in [0.1, 0.15) is 12.2 Å². The Labute approximate surface area is 196 Å². The van der Waals surface area contributed by atoms with Gasteiger partial charge in [-0.3, -0.25) is 0 Å². The molecule has 3 N–H and O–H groups in total. The van der Waals surface area contributed by atoms with E-state index in [9.17, 15) is 5.11 Å². The highest BCUT2D eigenvalue weighted by Crippen LogP contribution is 2.31. The molecule has 0 saturated carbocycles. The predicted molar refractivity (Wildman–Crippen MR) is 136 cm³/mol. The van der Waals surface area contributed by atoms with Gasteiger partial charge in [-0.15, -0.1) is 0 Å². The third-order valence-corrected chi connectivity index (χ3v) is 6.57. The van der Waals surface area contributed by atoms with Crippen molar-refractivity contribution in [1.29, 1.82) is 0 Å². The number of unbranched alkanes of at least 4 members (excludes halogenated alkanes) is 5. The standard InChI is InChI=1S/C27H33N3OS/c1-2-3-4-5-6-11-16-30-19-22(17-21-13-8-10-15-24(21)30)28-27(32)29-26-23-14-9-7-12-20(23)18-25(26)31/h7-10,12-15,17,19,25-26,31H,2-6,11,16,18H2,1H3,(H-,28,29,32)/p+1/t25-,26+/m0/s1. The monoisotopic (exact) mass is 448 g/mol. The van der Waals surface area contributed by atoms with Crippen molar-refractivity contribution in [2.24, 2.45) is 0 Å². The Kier molecular flexibility index (Phi) is 7.72. The molecule has 3 aromatic rings. The van der Waals surface area contributed by atoms with Crippen molar-refractivity contribution in [3.8, 4) is 0 Å². The van der Waals surface area contributed by atoms with E-state index >= 15 is 0 Å². The number of aliphatic hydroxyl groups is 1. The summed E-state index contributed by atoms with van der Waals surface area (Å²) in [6, 6.07) is 18.6. The molecule has 1 aromatic heterocycles. The molecule has 168 valence electrons. The average Bonchev–Trinajstić information content (AvgIpc) is 3.11. The zero-order chi connectivity index (χ0) is 22.3. The van der Waals surface area contributed by atoms with Gasteiger partial charge in [0.25, 0.3) is 0 Å². The van der Waals surface area contributed by atoms with E-state index in [4.69, 9.17) is 12.2 Å². The van der Waals surface area contributed by atoms with Crippen LogP contribution in [0.5, 0.6) is 0 Å². The highest BCUT2D eigenvalue weighted by Gasteiger charge is 2.31. The van der Waals surface area contributed by atoms with Crippen molar-refractivity contribution in [1.82, 2.24) is 5.32 Å². The Morgan fingerprint density at radius 2 is 1.78 bits per heavy atom. The van der Waals surface area contributed by atoms with Crippen LogP contribution in [-0.4, -0.2) is 16.3 Å². The number of hydrogen-bond donors (Lipinski definition) is 3. The number of nitrogens with zero attached hydrogens (tertiary/aromatic N) is 1. The maximum atomic E-state index is 10.5. The van der Waals surface area contributed by atoms with Crippen molar-refractivity contribution in [3.05, 3.63) is 71.9 Å². The predicted octanol–water partition coefficient (Wildman–Crippen LogP) is 5.43. The Hall–Kier alpha value is -2.50. The lowest BCUT2D eigenvalue weighted by Gasteiger charge is -2.20. The van der Waals surface area contributed by atoms with E-state index < -0.39 is 6.10 Å². The Bertz CT molecular complexity index is 1070. The van der Waals surface area contributed by atoms with Crippen molar-refractivity contribution in [2.75, 3.05) is 5.32 Å². The summed E-state index contributed by atoms with van der Waals surface area (Å²) >= 11 is 5.62. The average molecular weight is 449 g/mol. The van der Waals surface area contributed by atoms with E-state index in [0.717, 1.165) is 17.8 Å². The molecule has 0 unspecified atom stereocenters. The maximum Gasteiger partial charge on any atom is 0.212 e. The number of aryl methyl sites for hydroxylation is 1. The number of thiocarbonyl (C=S) groups is 1. The molecule has 2 aromatic carbocycles. The van der Waals surface area contributed by atoms with E-state index in [1.807, 2.05) is 12.1 Å². The molecule has 0 aliphatic heterocycles. The van der Waals surface area contributed by atoms with Crippen LogP contribution in [0.1, 0.15) is 62.6 Å². The number of aliphatic hydroxyl groups excluding tert-OH is 1. The Morgan fingerprint density at radius 1 is 1.03 bits per heavy atom. The van der Waals surface area contributed by atoms with Gasteiger partial charge in [-0.1, -0.05) is 69.0 Å². The molecule has 1 aliphatic carbocycles. The minimum atomic E-state index is -0.471. The molecule has 0 radical (unpaired) electrons. The summed E-state index contributed by atoms with van der Waals surface area (Å²) in [7, 11) is 0. The number of benzene rings is 2. The van der Waals surface area contributed by atoms with E-state index in [1.54, 1.807) is 0 Å². The van der Waals surface area contributed by atoms with Crippen molar-refractivity contribution in [2.45, 2.75) is 70.6 Å². The Morgan fingerprint density at radius 3 is 2.66 bits per heavy atom. The smallest absolute Gasteiger partial charge is 0.212 e. The molecule has 5 heteroatoms. The summed E-state index contributed by atoms with van der Waals surface area (Å²) in [6.07, 6.45) is 10.0. The molecular weight excluding hydrogens is 414 g/mol. The quantitative estimate of drug-likeness (QED) is 0.232. The second-order valence-corrected chi connectivity index (χ2v) is 9.20. The lowest BCUT2D eigenvalue weighted by atomic mass is 10.1. The van der Waals surface area contributed by atoms with E-state index in [1.165, 1.54) is 55.0 Å². The van der Waals surface area contributed by atoms with Gasteiger partial charge in [-0.05, 0) is 41.9 Å². The summed E-state index contributed by atoms with van der Waals surface area (Å²) in [5, 5.41) is 19.0.